The summed E-state index contributed by atoms with van der Waals surface area (Å²) in [4.78, 5) is 41.5. The zero-order valence-corrected chi connectivity index (χ0v) is 14.0. The lowest BCUT2D eigenvalue weighted by atomic mass is 10.1. The number of ether oxygens (including phenoxy) is 1. The van der Waals surface area contributed by atoms with Gasteiger partial charge in [0.25, 0.3) is 11.8 Å². The smallest absolute Gasteiger partial charge is 0.311 e. The topological polar surface area (TPSA) is 76.6 Å². The van der Waals surface area contributed by atoms with E-state index in [1.165, 1.54) is 16.2 Å². The molecule has 0 unspecified atom stereocenters. The van der Waals surface area contributed by atoms with E-state index in [9.17, 15) is 14.4 Å². The number of nitrogens with zero attached hydrogens (tertiary/aromatic N) is 2. The predicted octanol–water partition coefficient (Wildman–Crippen LogP) is 2.22. The van der Waals surface area contributed by atoms with Gasteiger partial charge in [-0.1, -0.05) is 12.1 Å². The lowest BCUT2D eigenvalue weighted by Gasteiger charge is -2.13. The van der Waals surface area contributed by atoms with Crippen LogP contribution >= 0.6 is 11.3 Å². The molecule has 0 fully saturated rings. The maximum atomic E-state index is 12.2. The van der Waals surface area contributed by atoms with Crippen molar-refractivity contribution in [1.29, 1.82) is 0 Å². The van der Waals surface area contributed by atoms with Gasteiger partial charge in [-0.2, -0.15) is 0 Å². The van der Waals surface area contributed by atoms with Gasteiger partial charge >= 0.3 is 5.97 Å². The Morgan fingerprint density at radius 3 is 2.46 bits per heavy atom. The first kappa shape index (κ1) is 16.3. The Kier molecular flexibility index (Phi) is 4.71. The molecule has 0 atom stereocenters. The molecule has 7 heteroatoms. The molecule has 0 radical (unpaired) electrons. The van der Waals surface area contributed by atoms with Crippen molar-refractivity contribution in [3.8, 4) is 0 Å². The van der Waals surface area contributed by atoms with Crippen LogP contribution < -0.4 is 0 Å². The molecule has 0 aliphatic carbocycles. The number of esters is 1. The van der Waals surface area contributed by atoms with Gasteiger partial charge in [-0.15, -0.1) is 11.3 Å². The maximum absolute atomic E-state index is 12.2. The Morgan fingerprint density at radius 2 is 1.88 bits per heavy atom. The zero-order chi connectivity index (χ0) is 17.1. The molecule has 0 saturated heterocycles. The number of hydrogen-bond donors (Lipinski definition) is 0. The van der Waals surface area contributed by atoms with Crippen LogP contribution in [0.15, 0.2) is 29.6 Å². The molecule has 1 aliphatic heterocycles. The molecule has 1 aromatic heterocycles. The highest BCUT2D eigenvalue weighted by atomic mass is 32.1. The van der Waals surface area contributed by atoms with Crippen LogP contribution in [0.2, 0.25) is 0 Å². The number of aromatic nitrogens is 1. The van der Waals surface area contributed by atoms with Gasteiger partial charge in [0.1, 0.15) is 0 Å². The zero-order valence-electron chi connectivity index (χ0n) is 13.2. The normalized spacial score (nSPS) is 13.3. The summed E-state index contributed by atoms with van der Waals surface area (Å²) in [6.07, 6.45) is 0.546. The van der Waals surface area contributed by atoms with Crippen molar-refractivity contribution < 1.29 is 19.1 Å². The number of aryl methyl sites for hydroxylation is 1. The molecule has 1 aromatic carbocycles. The molecule has 6 nitrogen and oxygen atoms in total. The molecule has 124 valence electrons. The Hall–Kier alpha value is -2.54. The number of benzene rings is 1. The van der Waals surface area contributed by atoms with Crippen LogP contribution in [0.3, 0.4) is 0 Å². The minimum absolute atomic E-state index is 0.136. The highest BCUT2D eigenvalue weighted by molar-refractivity contribution is 7.09. The van der Waals surface area contributed by atoms with Crippen molar-refractivity contribution in [3.63, 3.8) is 0 Å². The van der Waals surface area contributed by atoms with Gasteiger partial charge in [0.15, 0.2) is 0 Å². The van der Waals surface area contributed by atoms with Crippen molar-refractivity contribution in [1.82, 2.24) is 9.88 Å². The standard InChI is InChI=1S/C17H16N2O4S/c1-11-18-12(10-24-11)9-15(20)23-8-4-7-19-16(21)13-5-2-3-6-14(13)17(19)22/h2-3,5-6,10H,4,7-9H2,1H3. The highest BCUT2D eigenvalue weighted by Crippen LogP contribution is 2.22. The van der Waals surface area contributed by atoms with Crippen molar-refractivity contribution in [2.45, 2.75) is 19.8 Å². The number of carbonyl (C=O) groups is 3. The molecule has 3 rings (SSSR count). The fourth-order valence-corrected chi connectivity index (χ4v) is 3.15. The van der Waals surface area contributed by atoms with E-state index in [0.717, 1.165) is 5.01 Å². The van der Waals surface area contributed by atoms with Gasteiger partial charge in [-0.25, -0.2) is 4.98 Å². The summed E-state index contributed by atoms with van der Waals surface area (Å²) in [7, 11) is 0. The molecule has 0 bridgehead atoms. The van der Waals surface area contributed by atoms with E-state index in [4.69, 9.17) is 4.74 Å². The Balaban J connectivity index is 1.45. The Bertz CT molecular complexity index is 764. The Morgan fingerprint density at radius 1 is 1.21 bits per heavy atom. The van der Waals surface area contributed by atoms with Crippen LogP contribution in [0.25, 0.3) is 0 Å². The molecule has 2 heterocycles. The van der Waals surface area contributed by atoms with E-state index < -0.39 is 0 Å². The summed E-state index contributed by atoms with van der Waals surface area (Å²) in [5, 5.41) is 2.73. The quantitative estimate of drug-likeness (QED) is 0.456. The van der Waals surface area contributed by atoms with E-state index in [1.807, 2.05) is 12.3 Å². The van der Waals surface area contributed by atoms with Gasteiger partial charge < -0.3 is 4.74 Å². The summed E-state index contributed by atoms with van der Waals surface area (Å²) < 4.78 is 5.14. The van der Waals surface area contributed by atoms with Crippen LogP contribution in [0.5, 0.6) is 0 Å². The summed E-state index contributed by atoms with van der Waals surface area (Å²) >= 11 is 1.49. The average molecular weight is 344 g/mol. The molecule has 0 saturated carbocycles. The minimum atomic E-state index is -0.359. The molecule has 0 N–H and O–H groups in total. The van der Waals surface area contributed by atoms with E-state index >= 15 is 0 Å². The SMILES string of the molecule is Cc1nc(CC(=O)OCCCN2C(=O)c3ccccc3C2=O)cs1. The molecule has 2 amide bonds. The van der Waals surface area contributed by atoms with Gasteiger partial charge in [-0.05, 0) is 25.5 Å². The van der Waals surface area contributed by atoms with Gasteiger partial charge in [0, 0.05) is 11.9 Å². The second-order valence-corrected chi connectivity index (χ2v) is 6.48. The van der Waals surface area contributed by atoms with Crippen LogP contribution in [0, 0.1) is 6.92 Å². The largest absolute Gasteiger partial charge is 0.465 e. The third-order valence-corrected chi connectivity index (χ3v) is 4.48. The number of thiazole rings is 1. The van der Waals surface area contributed by atoms with Crippen LogP contribution in [0.4, 0.5) is 0 Å². The van der Waals surface area contributed by atoms with E-state index in [0.29, 0.717) is 23.2 Å². The molecule has 0 spiro atoms. The molecule has 1 aliphatic rings. The van der Waals surface area contributed by atoms with E-state index in [2.05, 4.69) is 4.98 Å². The van der Waals surface area contributed by atoms with Crippen LogP contribution in [-0.2, 0) is 16.0 Å². The van der Waals surface area contributed by atoms with Crippen LogP contribution in [0.1, 0.15) is 37.8 Å². The first-order chi connectivity index (χ1) is 11.6. The summed E-state index contributed by atoms with van der Waals surface area (Å²) in [6, 6.07) is 6.75. The monoisotopic (exact) mass is 344 g/mol. The average Bonchev–Trinajstić information content (AvgIpc) is 3.08. The van der Waals surface area contributed by atoms with E-state index in [1.54, 1.807) is 24.3 Å². The number of imide groups is 1. The molecule has 24 heavy (non-hydrogen) atoms. The third kappa shape index (κ3) is 3.35. The fourth-order valence-electron chi connectivity index (χ4n) is 2.54. The van der Waals surface area contributed by atoms with Gasteiger partial charge in [0.05, 0.1) is 34.9 Å². The number of amides is 2. The third-order valence-electron chi connectivity index (χ3n) is 3.66. The van der Waals surface area contributed by atoms with Crippen molar-refractivity contribution in [2.24, 2.45) is 0 Å². The molecular weight excluding hydrogens is 328 g/mol. The predicted molar refractivity (Wildman–Crippen MR) is 87.9 cm³/mol. The number of rotatable bonds is 6. The minimum Gasteiger partial charge on any atom is -0.465 e. The van der Waals surface area contributed by atoms with E-state index in [-0.39, 0.29) is 37.4 Å². The summed E-state index contributed by atoms with van der Waals surface area (Å²) in [6.45, 7) is 2.27. The Labute approximate surface area is 143 Å². The summed E-state index contributed by atoms with van der Waals surface area (Å²) in [5.41, 5.74) is 1.56. The molecular formula is C17H16N2O4S. The van der Waals surface area contributed by atoms with Crippen molar-refractivity contribution in [3.05, 3.63) is 51.5 Å². The first-order valence-electron chi connectivity index (χ1n) is 7.58. The van der Waals surface area contributed by atoms with Gasteiger partial charge in [0.2, 0.25) is 0 Å². The van der Waals surface area contributed by atoms with Crippen LogP contribution in [-0.4, -0.2) is 40.8 Å². The highest BCUT2D eigenvalue weighted by Gasteiger charge is 2.34. The first-order valence-corrected chi connectivity index (χ1v) is 8.46. The second-order valence-electron chi connectivity index (χ2n) is 5.42. The lowest BCUT2D eigenvalue weighted by Crippen LogP contribution is -2.31. The number of hydrogen-bond acceptors (Lipinski definition) is 6. The van der Waals surface area contributed by atoms with Gasteiger partial charge in [-0.3, -0.25) is 19.3 Å². The number of fused-ring (bicyclic) bond motifs is 1. The second kappa shape index (κ2) is 6.92. The maximum Gasteiger partial charge on any atom is 0.311 e. The molecule has 2 aromatic rings. The summed E-state index contributed by atoms with van der Waals surface area (Å²) in [5.74, 6) is -0.942. The number of carbonyl (C=O) groups excluding carboxylic acids is 3. The fraction of sp³-hybridized carbons (Fsp3) is 0.294. The van der Waals surface area contributed by atoms with Crippen molar-refractivity contribution >= 4 is 29.1 Å². The van der Waals surface area contributed by atoms with Crippen molar-refractivity contribution in [2.75, 3.05) is 13.2 Å². The lowest BCUT2D eigenvalue weighted by molar-refractivity contribution is -0.143.